The third kappa shape index (κ3) is 3.24. The molecular formula is C12H22O2. The maximum absolute atomic E-state index is 9.80. The van der Waals surface area contributed by atoms with Crippen molar-refractivity contribution < 1.29 is 10.2 Å². The van der Waals surface area contributed by atoms with Gasteiger partial charge in [-0.2, -0.15) is 0 Å². The van der Waals surface area contributed by atoms with E-state index in [0.717, 1.165) is 25.7 Å². The second-order valence-electron chi connectivity index (χ2n) is 4.27. The van der Waals surface area contributed by atoms with Gasteiger partial charge in [-0.3, -0.25) is 0 Å². The average molecular weight is 198 g/mol. The van der Waals surface area contributed by atoms with Crippen LogP contribution in [0.15, 0.2) is 11.5 Å². The number of aliphatic hydroxyl groups excluding tert-OH is 2. The Labute approximate surface area is 86.6 Å². The van der Waals surface area contributed by atoms with Crippen molar-refractivity contribution in [2.24, 2.45) is 5.92 Å². The summed E-state index contributed by atoms with van der Waals surface area (Å²) in [7, 11) is 0. The van der Waals surface area contributed by atoms with Gasteiger partial charge >= 0.3 is 0 Å². The Hall–Kier alpha value is -0.660. The zero-order valence-electron chi connectivity index (χ0n) is 9.13. The van der Waals surface area contributed by atoms with Crippen molar-refractivity contribution in [3.05, 3.63) is 11.5 Å². The van der Waals surface area contributed by atoms with E-state index in [2.05, 4.69) is 6.92 Å². The van der Waals surface area contributed by atoms with Gasteiger partial charge in [0, 0.05) is 12.3 Å². The van der Waals surface area contributed by atoms with Crippen molar-refractivity contribution >= 4 is 0 Å². The summed E-state index contributed by atoms with van der Waals surface area (Å²) < 4.78 is 0. The lowest BCUT2D eigenvalue weighted by Crippen LogP contribution is -2.11. The maximum atomic E-state index is 9.80. The molecule has 1 aliphatic carbocycles. The van der Waals surface area contributed by atoms with Gasteiger partial charge in [0.15, 0.2) is 0 Å². The van der Waals surface area contributed by atoms with E-state index >= 15 is 0 Å². The molecule has 1 aliphatic rings. The van der Waals surface area contributed by atoms with E-state index in [0.29, 0.717) is 6.42 Å². The van der Waals surface area contributed by atoms with Crippen LogP contribution in [0.5, 0.6) is 0 Å². The molecule has 1 saturated carbocycles. The third-order valence-corrected chi connectivity index (χ3v) is 3.05. The van der Waals surface area contributed by atoms with Crippen LogP contribution in [0.25, 0.3) is 0 Å². The Morgan fingerprint density at radius 3 is 2.36 bits per heavy atom. The topological polar surface area (TPSA) is 40.5 Å². The fourth-order valence-electron chi connectivity index (χ4n) is 2.08. The molecule has 82 valence electrons. The number of hydrogen-bond donors (Lipinski definition) is 2. The van der Waals surface area contributed by atoms with Gasteiger partial charge in [-0.25, -0.2) is 0 Å². The maximum Gasteiger partial charge on any atom is 0.133 e. The van der Waals surface area contributed by atoms with Crippen LogP contribution in [0.3, 0.4) is 0 Å². The highest BCUT2D eigenvalue weighted by atomic mass is 16.3. The summed E-state index contributed by atoms with van der Waals surface area (Å²) in [4.78, 5) is 0. The summed E-state index contributed by atoms with van der Waals surface area (Å²) >= 11 is 0. The van der Waals surface area contributed by atoms with Gasteiger partial charge in [-0.1, -0.05) is 32.6 Å². The van der Waals surface area contributed by atoms with Gasteiger partial charge < -0.3 is 10.2 Å². The predicted molar refractivity (Wildman–Crippen MR) is 58.4 cm³/mol. The van der Waals surface area contributed by atoms with Crippen LogP contribution in [-0.4, -0.2) is 10.2 Å². The van der Waals surface area contributed by atoms with Crippen molar-refractivity contribution in [2.75, 3.05) is 0 Å². The van der Waals surface area contributed by atoms with Crippen molar-refractivity contribution in [1.82, 2.24) is 0 Å². The van der Waals surface area contributed by atoms with Crippen LogP contribution in [0, 0.1) is 5.92 Å². The zero-order valence-corrected chi connectivity index (χ0v) is 9.13. The normalized spacial score (nSPS) is 20.6. The van der Waals surface area contributed by atoms with Crippen LogP contribution in [0.1, 0.15) is 58.3 Å². The van der Waals surface area contributed by atoms with Crippen LogP contribution >= 0.6 is 0 Å². The minimum Gasteiger partial charge on any atom is -0.509 e. The average Bonchev–Trinajstić information content (AvgIpc) is 2.26. The molecule has 0 aliphatic heterocycles. The number of unbranched alkanes of at least 4 members (excludes halogenated alkanes) is 1. The van der Waals surface area contributed by atoms with Crippen molar-refractivity contribution in [3.8, 4) is 0 Å². The van der Waals surface area contributed by atoms with Gasteiger partial charge in [-0.15, -0.1) is 0 Å². The summed E-state index contributed by atoms with van der Waals surface area (Å²) in [5.41, 5.74) is 0. The molecular weight excluding hydrogens is 176 g/mol. The van der Waals surface area contributed by atoms with E-state index in [1.54, 1.807) is 0 Å². The van der Waals surface area contributed by atoms with Gasteiger partial charge in [0.05, 0.1) is 0 Å². The van der Waals surface area contributed by atoms with Gasteiger partial charge in [0.1, 0.15) is 11.5 Å². The summed E-state index contributed by atoms with van der Waals surface area (Å²) in [6, 6.07) is 0. The Morgan fingerprint density at radius 1 is 1.14 bits per heavy atom. The first kappa shape index (κ1) is 11.4. The molecule has 0 aromatic carbocycles. The molecule has 0 unspecified atom stereocenters. The summed E-state index contributed by atoms with van der Waals surface area (Å²) in [5, 5.41) is 19.4. The molecule has 1 fully saturated rings. The van der Waals surface area contributed by atoms with Crippen LogP contribution < -0.4 is 0 Å². The van der Waals surface area contributed by atoms with Crippen molar-refractivity contribution in [1.29, 1.82) is 0 Å². The first-order valence-electron chi connectivity index (χ1n) is 5.86. The van der Waals surface area contributed by atoms with Crippen molar-refractivity contribution in [2.45, 2.75) is 58.3 Å². The summed E-state index contributed by atoms with van der Waals surface area (Å²) in [6.07, 6.45) is 8.40. The Balaban J connectivity index is 2.46. The lowest BCUT2D eigenvalue weighted by molar-refractivity contribution is 0.232. The highest BCUT2D eigenvalue weighted by molar-refractivity contribution is 5.03. The molecule has 0 heterocycles. The monoisotopic (exact) mass is 198 g/mol. The van der Waals surface area contributed by atoms with E-state index < -0.39 is 0 Å². The number of aliphatic hydroxyl groups is 2. The molecule has 0 radical (unpaired) electrons. The summed E-state index contributed by atoms with van der Waals surface area (Å²) in [5.74, 6) is 0.748. The molecule has 14 heavy (non-hydrogen) atoms. The lowest BCUT2D eigenvalue weighted by atomic mass is 9.87. The van der Waals surface area contributed by atoms with Crippen LogP contribution in [-0.2, 0) is 0 Å². The molecule has 2 nitrogen and oxygen atoms in total. The van der Waals surface area contributed by atoms with E-state index in [-0.39, 0.29) is 17.4 Å². The molecule has 0 aromatic rings. The highest BCUT2D eigenvalue weighted by Gasteiger charge is 2.20. The molecule has 0 spiro atoms. The Morgan fingerprint density at radius 2 is 1.79 bits per heavy atom. The van der Waals surface area contributed by atoms with Crippen molar-refractivity contribution in [3.63, 3.8) is 0 Å². The highest BCUT2D eigenvalue weighted by Crippen LogP contribution is 2.30. The predicted octanol–water partition coefficient (Wildman–Crippen LogP) is 4.08. The van der Waals surface area contributed by atoms with Crippen LogP contribution in [0.2, 0.25) is 0 Å². The molecule has 0 amide bonds. The molecule has 0 atom stereocenters. The second kappa shape index (κ2) is 5.94. The Bertz CT molecular complexity index is 190. The molecule has 0 bridgehead atoms. The second-order valence-corrected chi connectivity index (χ2v) is 4.27. The van der Waals surface area contributed by atoms with Gasteiger partial charge in [-0.05, 0) is 19.3 Å². The lowest BCUT2D eigenvalue weighted by Gasteiger charge is -2.21. The third-order valence-electron chi connectivity index (χ3n) is 3.05. The SMILES string of the molecule is CCCCC(O)=C(O)C1CCCCC1. The first-order valence-corrected chi connectivity index (χ1v) is 5.86. The van der Waals surface area contributed by atoms with Gasteiger partial charge in [0.25, 0.3) is 0 Å². The largest absolute Gasteiger partial charge is 0.509 e. The quantitative estimate of drug-likeness (QED) is 0.668. The molecule has 2 heteroatoms. The first-order chi connectivity index (χ1) is 6.75. The molecule has 1 rings (SSSR count). The van der Waals surface area contributed by atoms with E-state index in [9.17, 15) is 10.2 Å². The minimum atomic E-state index is 0.235. The number of hydrogen-bond acceptors (Lipinski definition) is 2. The standard InChI is InChI=1S/C12H22O2/c1-2-3-9-11(13)12(14)10-7-5-4-6-8-10/h10,13-14H,2-9H2,1H3. The molecule has 2 N–H and O–H groups in total. The fraction of sp³-hybridized carbons (Fsp3) is 0.833. The molecule has 0 saturated heterocycles. The van der Waals surface area contributed by atoms with Crippen LogP contribution in [0.4, 0.5) is 0 Å². The minimum absolute atomic E-state index is 0.235. The number of allylic oxidation sites excluding steroid dienone is 2. The number of rotatable bonds is 4. The fourth-order valence-corrected chi connectivity index (χ4v) is 2.08. The van der Waals surface area contributed by atoms with Gasteiger partial charge in [0.2, 0.25) is 0 Å². The van der Waals surface area contributed by atoms with E-state index in [1.165, 1.54) is 19.3 Å². The Kier molecular flexibility index (Phi) is 4.85. The van der Waals surface area contributed by atoms with E-state index in [4.69, 9.17) is 0 Å². The molecule has 0 aromatic heterocycles. The zero-order chi connectivity index (χ0) is 10.4. The van der Waals surface area contributed by atoms with E-state index in [1.807, 2.05) is 0 Å². The smallest absolute Gasteiger partial charge is 0.133 e. The summed E-state index contributed by atoms with van der Waals surface area (Å²) in [6.45, 7) is 2.09.